The molecule has 6 rings (SSSR count). The second-order valence-corrected chi connectivity index (χ2v) is 12.5. The van der Waals surface area contributed by atoms with E-state index in [1.807, 2.05) is 52.8 Å². The lowest BCUT2D eigenvalue weighted by molar-refractivity contribution is -0.123. The van der Waals surface area contributed by atoms with Crippen molar-refractivity contribution in [2.45, 2.75) is 85.1 Å². The van der Waals surface area contributed by atoms with Crippen molar-refractivity contribution in [3.63, 3.8) is 0 Å². The van der Waals surface area contributed by atoms with Crippen molar-refractivity contribution in [2.75, 3.05) is 20.6 Å². The van der Waals surface area contributed by atoms with E-state index in [-0.39, 0.29) is 23.9 Å². The number of furan rings is 1. The third kappa shape index (κ3) is 4.66. The highest BCUT2D eigenvalue weighted by atomic mass is 16.7. The summed E-state index contributed by atoms with van der Waals surface area (Å²) in [5, 5.41) is 0. The van der Waals surface area contributed by atoms with Crippen LogP contribution in [0.3, 0.4) is 0 Å². The Bertz CT molecular complexity index is 1580. The zero-order valence-corrected chi connectivity index (χ0v) is 25.3. The summed E-state index contributed by atoms with van der Waals surface area (Å²) in [6, 6.07) is 6.41. The van der Waals surface area contributed by atoms with Gasteiger partial charge in [0.25, 0.3) is 17.3 Å². The minimum Gasteiger partial charge on any atom is -0.461 e. The smallest absolute Gasteiger partial charge is 0.254 e. The van der Waals surface area contributed by atoms with Gasteiger partial charge in [-0.1, -0.05) is 0 Å². The SMILES string of the molecule is Cc1cc(C)c(CN2CCc3c(c(C)c4c(c3-c3ccc(C)o3)OC(C)([C@H]3CC[C@H](N(C)C)CC3)O4)C2=O)c(=O)[nH]1. The summed E-state index contributed by atoms with van der Waals surface area (Å²) in [6.45, 7) is 10.5. The highest BCUT2D eigenvalue weighted by molar-refractivity contribution is 6.02. The molecule has 2 aliphatic heterocycles. The molecule has 1 amide bonds. The van der Waals surface area contributed by atoms with Gasteiger partial charge in [0.1, 0.15) is 11.5 Å². The molecule has 0 bridgehead atoms. The van der Waals surface area contributed by atoms with E-state index < -0.39 is 5.79 Å². The van der Waals surface area contributed by atoms with Crippen LogP contribution in [-0.2, 0) is 13.0 Å². The molecule has 3 aliphatic rings. The highest BCUT2D eigenvalue weighted by Crippen LogP contribution is 2.55. The second kappa shape index (κ2) is 10.1. The minimum absolute atomic E-state index is 0.0980. The van der Waals surface area contributed by atoms with E-state index in [4.69, 9.17) is 13.9 Å². The van der Waals surface area contributed by atoms with Crippen LogP contribution in [0.4, 0.5) is 0 Å². The molecule has 1 N–H and O–H groups in total. The second-order valence-electron chi connectivity index (χ2n) is 12.5. The van der Waals surface area contributed by atoms with Crippen molar-refractivity contribution in [3.05, 3.63) is 67.8 Å². The third-order valence-corrected chi connectivity index (χ3v) is 9.49. The number of H-pyrrole nitrogens is 1. The Labute approximate surface area is 241 Å². The molecule has 1 unspecified atom stereocenters. The van der Waals surface area contributed by atoms with Crippen LogP contribution in [0.2, 0.25) is 0 Å². The average molecular weight is 560 g/mol. The number of aryl methyl sites for hydroxylation is 3. The number of aromatic nitrogens is 1. The maximum Gasteiger partial charge on any atom is 0.254 e. The van der Waals surface area contributed by atoms with Crippen LogP contribution >= 0.6 is 0 Å². The van der Waals surface area contributed by atoms with Crippen molar-refractivity contribution in [2.24, 2.45) is 5.92 Å². The van der Waals surface area contributed by atoms with Crippen LogP contribution < -0.4 is 15.0 Å². The van der Waals surface area contributed by atoms with Crippen LogP contribution in [0.1, 0.15) is 76.7 Å². The lowest BCUT2D eigenvalue weighted by atomic mass is 9.81. The molecular weight excluding hydrogens is 518 g/mol. The summed E-state index contributed by atoms with van der Waals surface area (Å²) < 4.78 is 19.7. The average Bonchev–Trinajstić information content (AvgIpc) is 3.51. The Morgan fingerprint density at radius 2 is 1.71 bits per heavy atom. The van der Waals surface area contributed by atoms with Gasteiger partial charge in [-0.15, -0.1) is 0 Å². The summed E-state index contributed by atoms with van der Waals surface area (Å²) in [6.07, 6.45) is 4.85. The maximum absolute atomic E-state index is 14.2. The van der Waals surface area contributed by atoms with Crippen molar-refractivity contribution in [1.29, 1.82) is 0 Å². The fraction of sp³-hybridized carbons (Fsp3) is 0.515. The number of fused-ring (bicyclic) bond motifs is 2. The molecule has 4 heterocycles. The molecule has 8 nitrogen and oxygen atoms in total. The van der Waals surface area contributed by atoms with Crippen LogP contribution in [0.15, 0.2) is 27.4 Å². The summed E-state index contributed by atoms with van der Waals surface area (Å²) in [7, 11) is 4.29. The van der Waals surface area contributed by atoms with Gasteiger partial charge >= 0.3 is 0 Å². The van der Waals surface area contributed by atoms with E-state index in [1.165, 1.54) is 0 Å². The lowest BCUT2D eigenvalue weighted by Crippen LogP contribution is -2.46. The first-order chi connectivity index (χ1) is 19.5. The number of carbonyl (C=O) groups is 1. The molecule has 3 aromatic rings. The molecule has 1 aromatic carbocycles. The number of ether oxygens (including phenoxy) is 2. The van der Waals surface area contributed by atoms with Crippen LogP contribution in [0, 0.1) is 33.6 Å². The Balaban J connectivity index is 1.40. The molecule has 0 radical (unpaired) electrons. The Kier molecular flexibility index (Phi) is 6.80. The predicted octanol–water partition coefficient (Wildman–Crippen LogP) is 5.67. The quantitative estimate of drug-likeness (QED) is 0.433. The largest absolute Gasteiger partial charge is 0.461 e. The normalized spacial score (nSPS) is 23.8. The summed E-state index contributed by atoms with van der Waals surface area (Å²) in [4.78, 5) is 33.9. The number of carbonyl (C=O) groups excluding carboxylic acids is 1. The molecule has 0 saturated heterocycles. The summed E-state index contributed by atoms with van der Waals surface area (Å²) >= 11 is 0. The predicted molar refractivity (Wildman–Crippen MR) is 158 cm³/mol. The summed E-state index contributed by atoms with van der Waals surface area (Å²) in [5.74, 6) is 2.11. The van der Waals surface area contributed by atoms with E-state index in [1.54, 1.807) is 4.90 Å². The Morgan fingerprint density at radius 3 is 2.34 bits per heavy atom. The maximum atomic E-state index is 14.2. The highest BCUT2D eigenvalue weighted by Gasteiger charge is 2.49. The lowest BCUT2D eigenvalue weighted by Gasteiger charge is -2.39. The van der Waals surface area contributed by atoms with Gasteiger partial charge in [0.05, 0.1) is 17.7 Å². The van der Waals surface area contributed by atoms with Gasteiger partial charge in [-0.3, -0.25) is 9.59 Å². The van der Waals surface area contributed by atoms with Crippen molar-refractivity contribution < 1.29 is 18.7 Å². The van der Waals surface area contributed by atoms with E-state index in [0.29, 0.717) is 47.4 Å². The minimum atomic E-state index is -0.820. The van der Waals surface area contributed by atoms with Gasteiger partial charge < -0.3 is 28.7 Å². The van der Waals surface area contributed by atoms with Crippen molar-refractivity contribution in [1.82, 2.24) is 14.8 Å². The molecule has 218 valence electrons. The number of hydrogen-bond acceptors (Lipinski definition) is 6. The van der Waals surface area contributed by atoms with Gasteiger partial charge in [0.2, 0.25) is 0 Å². The third-order valence-electron chi connectivity index (χ3n) is 9.49. The molecule has 41 heavy (non-hydrogen) atoms. The Morgan fingerprint density at radius 1 is 1.00 bits per heavy atom. The van der Waals surface area contributed by atoms with Gasteiger partial charge in [-0.05, 0) is 103 Å². The zero-order valence-electron chi connectivity index (χ0n) is 25.3. The number of nitrogens with zero attached hydrogens (tertiary/aromatic N) is 2. The number of aromatic amines is 1. The molecule has 1 saturated carbocycles. The number of nitrogens with one attached hydrogen (secondary N) is 1. The first-order valence-corrected chi connectivity index (χ1v) is 14.8. The molecular formula is C33H41N3O5. The molecule has 1 fully saturated rings. The fourth-order valence-electron chi connectivity index (χ4n) is 7.11. The number of benzene rings is 1. The monoisotopic (exact) mass is 559 g/mol. The standard InChI is InChI=1S/C33H41N3O5/c1-18-16-19(2)34-31(37)25(18)17-36-15-14-24-27(32(36)38)21(4)29-30(28(24)26-13-8-20(3)39-26)41-33(5,40-29)22-9-11-23(12-10-22)35(6)7/h8,13,16,22-23H,9-12,14-15,17H2,1-7H3,(H,34,37)/t22-,23-,33?. The number of rotatable bonds is 5. The van der Waals surface area contributed by atoms with E-state index in [0.717, 1.165) is 59.4 Å². The van der Waals surface area contributed by atoms with Gasteiger partial charge in [0.15, 0.2) is 11.5 Å². The molecule has 1 atom stereocenters. The van der Waals surface area contributed by atoms with Crippen LogP contribution in [0.5, 0.6) is 11.5 Å². The molecule has 8 heteroatoms. The zero-order chi connectivity index (χ0) is 29.2. The van der Waals surface area contributed by atoms with Crippen molar-refractivity contribution >= 4 is 5.91 Å². The molecule has 1 aliphatic carbocycles. The fourth-order valence-corrected chi connectivity index (χ4v) is 7.11. The Hall–Kier alpha value is -3.52. The first-order valence-electron chi connectivity index (χ1n) is 14.8. The topological polar surface area (TPSA) is 88.0 Å². The van der Waals surface area contributed by atoms with Gasteiger partial charge in [0, 0.05) is 42.2 Å². The van der Waals surface area contributed by atoms with E-state index in [9.17, 15) is 9.59 Å². The molecule has 0 spiro atoms. The van der Waals surface area contributed by atoms with Gasteiger partial charge in [-0.2, -0.15) is 0 Å². The van der Waals surface area contributed by atoms with Crippen LogP contribution in [-0.4, -0.2) is 53.2 Å². The number of pyridine rings is 1. The van der Waals surface area contributed by atoms with E-state index in [2.05, 4.69) is 24.0 Å². The summed E-state index contributed by atoms with van der Waals surface area (Å²) in [5.41, 5.74) is 5.34. The van der Waals surface area contributed by atoms with Crippen LogP contribution in [0.25, 0.3) is 11.3 Å². The number of amides is 1. The van der Waals surface area contributed by atoms with Gasteiger partial charge in [-0.25, -0.2) is 0 Å². The number of hydrogen-bond donors (Lipinski definition) is 1. The molecule has 2 aromatic heterocycles. The first kappa shape index (κ1) is 27.6. The van der Waals surface area contributed by atoms with Crippen molar-refractivity contribution in [3.8, 4) is 22.8 Å². The van der Waals surface area contributed by atoms with E-state index >= 15 is 0 Å².